The molecule has 0 aliphatic heterocycles. The standard InChI is InChI=1S/C20H31N5O2S/c1-4-15(5-2)17-13-16(27-25-17)14-24-20(21-6-3)23-11-8-10-22-19(26)18-9-7-12-28-18/h7,9,12-13,15H,4-6,8,10-11,14H2,1-3H3,(H,22,26)(H2,21,23,24). The molecule has 0 unspecified atom stereocenters. The molecule has 1 amide bonds. The highest BCUT2D eigenvalue weighted by atomic mass is 32.1. The SMILES string of the molecule is CCNC(=NCc1cc(C(CC)CC)no1)NCCCNC(=O)c1cccs1. The van der Waals surface area contributed by atoms with Crippen LogP contribution in [0.1, 0.15) is 67.1 Å². The van der Waals surface area contributed by atoms with Gasteiger partial charge in [0.25, 0.3) is 5.91 Å². The van der Waals surface area contributed by atoms with Crippen molar-refractivity contribution >= 4 is 23.2 Å². The van der Waals surface area contributed by atoms with Crippen molar-refractivity contribution < 1.29 is 9.32 Å². The van der Waals surface area contributed by atoms with E-state index in [1.807, 2.05) is 30.5 Å². The summed E-state index contributed by atoms with van der Waals surface area (Å²) in [5.41, 5.74) is 1.01. The molecule has 0 aliphatic rings. The molecule has 0 spiro atoms. The van der Waals surface area contributed by atoms with Gasteiger partial charge in [0, 0.05) is 31.6 Å². The number of hydrogen-bond acceptors (Lipinski definition) is 5. The minimum absolute atomic E-state index is 0.0193. The third-order valence-electron chi connectivity index (χ3n) is 4.39. The number of nitrogens with zero attached hydrogens (tertiary/aromatic N) is 2. The third-order valence-corrected chi connectivity index (χ3v) is 5.26. The fourth-order valence-corrected chi connectivity index (χ4v) is 3.43. The van der Waals surface area contributed by atoms with Crippen molar-refractivity contribution in [3.63, 3.8) is 0 Å². The highest BCUT2D eigenvalue weighted by Crippen LogP contribution is 2.22. The van der Waals surface area contributed by atoms with E-state index >= 15 is 0 Å². The second kappa shape index (κ2) is 12.2. The quantitative estimate of drug-likeness (QED) is 0.302. The number of aromatic nitrogens is 1. The van der Waals surface area contributed by atoms with Gasteiger partial charge in [0.05, 0.1) is 10.6 Å². The fraction of sp³-hybridized carbons (Fsp3) is 0.550. The molecule has 2 heterocycles. The van der Waals surface area contributed by atoms with Crippen molar-refractivity contribution in [2.75, 3.05) is 19.6 Å². The average molecular weight is 406 g/mol. The second-order valence-electron chi connectivity index (χ2n) is 6.44. The summed E-state index contributed by atoms with van der Waals surface area (Å²) in [5, 5.41) is 15.5. The molecule has 0 aromatic carbocycles. The molecule has 2 rings (SSSR count). The lowest BCUT2D eigenvalue weighted by Crippen LogP contribution is -2.38. The van der Waals surface area contributed by atoms with Gasteiger partial charge in [-0.05, 0) is 37.6 Å². The van der Waals surface area contributed by atoms with Gasteiger partial charge in [-0.15, -0.1) is 11.3 Å². The van der Waals surface area contributed by atoms with Crippen LogP contribution in [-0.2, 0) is 6.54 Å². The molecular formula is C20H31N5O2S. The zero-order valence-electron chi connectivity index (χ0n) is 17.0. The van der Waals surface area contributed by atoms with Crippen molar-refractivity contribution in [2.24, 2.45) is 4.99 Å². The molecular weight excluding hydrogens is 374 g/mol. The van der Waals surface area contributed by atoms with E-state index in [4.69, 9.17) is 4.52 Å². The van der Waals surface area contributed by atoms with E-state index in [-0.39, 0.29) is 5.91 Å². The summed E-state index contributed by atoms with van der Waals surface area (Å²) < 4.78 is 5.42. The van der Waals surface area contributed by atoms with Gasteiger partial charge in [-0.3, -0.25) is 4.79 Å². The van der Waals surface area contributed by atoms with Crippen LogP contribution >= 0.6 is 11.3 Å². The average Bonchev–Trinajstić information content (AvgIpc) is 3.39. The van der Waals surface area contributed by atoms with E-state index in [1.54, 1.807) is 0 Å². The van der Waals surface area contributed by atoms with Crippen LogP contribution in [-0.4, -0.2) is 36.7 Å². The molecule has 0 bridgehead atoms. The van der Waals surface area contributed by atoms with Crippen molar-refractivity contribution in [1.82, 2.24) is 21.1 Å². The largest absolute Gasteiger partial charge is 0.359 e. The minimum atomic E-state index is -0.0193. The first-order valence-corrected chi connectivity index (χ1v) is 10.8. The Hall–Kier alpha value is -2.35. The van der Waals surface area contributed by atoms with Gasteiger partial charge in [-0.1, -0.05) is 25.1 Å². The summed E-state index contributed by atoms with van der Waals surface area (Å²) >= 11 is 1.45. The molecule has 2 aromatic rings. The van der Waals surface area contributed by atoms with E-state index in [0.29, 0.717) is 25.6 Å². The minimum Gasteiger partial charge on any atom is -0.359 e. The van der Waals surface area contributed by atoms with Crippen LogP contribution in [0, 0.1) is 0 Å². The lowest BCUT2D eigenvalue weighted by molar-refractivity contribution is 0.0957. The molecule has 0 saturated heterocycles. The highest BCUT2D eigenvalue weighted by Gasteiger charge is 2.12. The topological polar surface area (TPSA) is 91.6 Å². The maximum Gasteiger partial charge on any atom is 0.261 e. The van der Waals surface area contributed by atoms with Crippen LogP contribution in [0.4, 0.5) is 0 Å². The zero-order chi connectivity index (χ0) is 20.2. The fourth-order valence-electron chi connectivity index (χ4n) is 2.79. The van der Waals surface area contributed by atoms with Crippen LogP contribution < -0.4 is 16.0 Å². The van der Waals surface area contributed by atoms with Gasteiger partial charge in [0.1, 0.15) is 6.54 Å². The van der Waals surface area contributed by atoms with Crippen molar-refractivity contribution in [3.8, 4) is 0 Å². The Morgan fingerprint density at radius 2 is 2.00 bits per heavy atom. The molecule has 0 saturated carbocycles. The number of guanidine groups is 1. The second-order valence-corrected chi connectivity index (χ2v) is 7.39. The van der Waals surface area contributed by atoms with Crippen LogP contribution in [0.25, 0.3) is 0 Å². The van der Waals surface area contributed by atoms with Gasteiger partial charge < -0.3 is 20.5 Å². The summed E-state index contributed by atoms with van der Waals surface area (Å²) in [6, 6.07) is 5.71. The van der Waals surface area contributed by atoms with Gasteiger partial charge in [0.15, 0.2) is 11.7 Å². The normalized spacial score (nSPS) is 11.6. The lowest BCUT2D eigenvalue weighted by atomic mass is 9.99. The summed E-state index contributed by atoms with van der Waals surface area (Å²) in [6.07, 6.45) is 2.92. The summed E-state index contributed by atoms with van der Waals surface area (Å²) in [6.45, 7) is 8.90. The van der Waals surface area contributed by atoms with E-state index in [1.165, 1.54) is 11.3 Å². The van der Waals surface area contributed by atoms with Crippen LogP contribution in [0.5, 0.6) is 0 Å². The predicted octanol–water partition coefficient (Wildman–Crippen LogP) is 3.51. The first-order chi connectivity index (χ1) is 13.7. The van der Waals surface area contributed by atoms with Gasteiger partial charge >= 0.3 is 0 Å². The molecule has 0 fully saturated rings. The third kappa shape index (κ3) is 6.99. The molecule has 0 atom stereocenters. The molecule has 0 aliphatic carbocycles. The Balaban J connectivity index is 1.75. The number of carbonyl (C=O) groups excluding carboxylic acids is 1. The Kier molecular flexibility index (Phi) is 9.54. The van der Waals surface area contributed by atoms with Crippen LogP contribution in [0.3, 0.4) is 0 Å². The maximum atomic E-state index is 11.9. The van der Waals surface area contributed by atoms with Gasteiger partial charge in [0.2, 0.25) is 0 Å². The van der Waals surface area contributed by atoms with Gasteiger partial charge in [-0.2, -0.15) is 0 Å². The Morgan fingerprint density at radius 1 is 1.21 bits per heavy atom. The highest BCUT2D eigenvalue weighted by molar-refractivity contribution is 7.12. The zero-order valence-corrected chi connectivity index (χ0v) is 17.8. The van der Waals surface area contributed by atoms with Crippen LogP contribution in [0.2, 0.25) is 0 Å². The molecule has 2 aromatic heterocycles. The predicted molar refractivity (Wildman–Crippen MR) is 114 cm³/mol. The van der Waals surface area contributed by atoms with Crippen LogP contribution in [0.15, 0.2) is 33.1 Å². The number of rotatable bonds is 11. The summed E-state index contributed by atoms with van der Waals surface area (Å²) in [5.74, 6) is 1.92. The van der Waals surface area contributed by atoms with Gasteiger partial charge in [-0.25, -0.2) is 4.99 Å². The smallest absolute Gasteiger partial charge is 0.261 e. The first-order valence-electron chi connectivity index (χ1n) is 9.97. The number of nitrogens with one attached hydrogen (secondary N) is 3. The van der Waals surface area contributed by atoms with Crippen molar-refractivity contribution in [3.05, 3.63) is 39.9 Å². The van der Waals surface area contributed by atoms with E-state index in [2.05, 4.69) is 39.9 Å². The molecule has 0 radical (unpaired) electrons. The number of hydrogen-bond donors (Lipinski definition) is 3. The van der Waals surface area contributed by atoms with Crippen molar-refractivity contribution in [2.45, 2.75) is 52.5 Å². The molecule has 28 heavy (non-hydrogen) atoms. The van der Waals surface area contributed by atoms with E-state index in [0.717, 1.165) is 48.1 Å². The first kappa shape index (κ1) is 21.9. The summed E-state index contributed by atoms with van der Waals surface area (Å²) in [4.78, 5) is 17.2. The molecule has 7 nitrogen and oxygen atoms in total. The Morgan fingerprint density at radius 3 is 2.68 bits per heavy atom. The Bertz CT molecular complexity index is 723. The molecule has 8 heteroatoms. The number of aliphatic imine (C=N–C) groups is 1. The van der Waals surface area contributed by atoms with E-state index in [9.17, 15) is 4.79 Å². The number of thiophene rings is 1. The maximum absolute atomic E-state index is 11.9. The molecule has 3 N–H and O–H groups in total. The monoisotopic (exact) mass is 405 g/mol. The lowest BCUT2D eigenvalue weighted by Gasteiger charge is -2.11. The van der Waals surface area contributed by atoms with Crippen molar-refractivity contribution in [1.29, 1.82) is 0 Å². The summed E-state index contributed by atoms with van der Waals surface area (Å²) in [7, 11) is 0. The molecule has 154 valence electrons. The number of amides is 1. The van der Waals surface area contributed by atoms with E-state index < -0.39 is 0 Å². The number of carbonyl (C=O) groups is 1. The Labute approximate surface area is 171 Å².